The van der Waals surface area contributed by atoms with E-state index in [4.69, 9.17) is 4.74 Å². The first-order valence-electron chi connectivity index (χ1n) is 14.0. The summed E-state index contributed by atoms with van der Waals surface area (Å²) in [6, 6.07) is 28.7. The van der Waals surface area contributed by atoms with Crippen molar-refractivity contribution >= 4 is 49.1 Å². The third-order valence-corrected chi connectivity index (χ3v) is 8.96. The summed E-state index contributed by atoms with van der Waals surface area (Å²) < 4.78 is 5.99. The first-order valence-corrected chi connectivity index (χ1v) is 14.0. The molecule has 1 saturated carbocycles. The van der Waals surface area contributed by atoms with Gasteiger partial charge in [0.05, 0.1) is 5.92 Å². The van der Waals surface area contributed by atoms with Crippen LogP contribution in [-0.2, 0) is 9.53 Å². The van der Waals surface area contributed by atoms with Crippen LogP contribution in [-0.4, -0.2) is 5.97 Å². The lowest BCUT2D eigenvalue weighted by molar-refractivity contribution is -0.155. The largest absolute Gasteiger partial charge is 0.458 e. The third-order valence-electron chi connectivity index (χ3n) is 8.96. The van der Waals surface area contributed by atoms with E-state index in [1.807, 2.05) is 6.92 Å². The summed E-state index contributed by atoms with van der Waals surface area (Å²) in [4.78, 5) is 13.0. The van der Waals surface area contributed by atoms with Crippen molar-refractivity contribution in [3.8, 4) is 0 Å². The lowest BCUT2D eigenvalue weighted by Crippen LogP contribution is -2.26. The van der Waals surface area contributed by atoms with Crippen LogP contribution in [0, 0.1) is 17.8 Å². The highest BCUT2D eigenvalue weighted by atomic mass is 16.5. The third kappa shape index (κ3) is 4.70. The van der Waals surface area contributed by atoms with Gasteiger partial charge in [0.25, 0.3) is 0 Å². The summed E-state index contributed by atoms with van der Waals surface area (Å²) in [5.74, 6) is 1.54. The number of fused-ring (bicyclic) bond motifs is 4. The predicted molar refractivity (Wildman–Crippen MR) is 156 cm³/mol. The monoisotopic (exact) mass is 488 g/mol. The Morgan fingerprint density at radius 1 is 0.703 bits per heavy atom. The second-order valence-electron chi connectivity index (χ2n) is 11.3. The molecule has 188 valence electrons. The second-order valence-corrected chi connectivity index (χ2v) is 11.3. The molecule has 37 heavy (non-hydrogen) atoms. The SMILES string of the molecule is CCC(C)C1CCC(C(=O)OC(C)c2ccc3cc4cc5cc6ccccc6cc5cc4cc3c2)CC1. The number of rotatable bonds is 5. The van der Waals surface area contributed by atoms with Gasteiger partial charge in [-0.1, -0.05) is 56.7 Å². The van der Waals surface area contributed by atoms with Gasteiger partial charge in [-0.2, -0.15) is 0 Å². The van der Waals surface area contributed by atoms with Crippen molar-refractivity contribution in [2.45, 2.75) is 59.0 Å². The zero-order valence-corrected chi connectivity index (χ0v) is 22.2. The fourth-order valence-electron chi connectivity index (χ4n) is 6.31. The molecular formula is C35H36O2. The standard InChI is InChI=1S/C35H36O2/c1-4-22(2)24-9-11-25(12-10-24)35(36)37-23(3)26-13-14-29-18-33-20-31-16-27-7-5-6-8-28(27)17-32(31)21-34(33)19-30(29)15-26/h5-8,13-25H,4,9-12H2,1-3H3. The molecule has 0 saturated heterocycles. The zero-order chi connectivity index (χ0) is 25.5. The quantitative estimate of drug-likeness (QED) is 0.182. The van der Waals surface area contributed by atoms with Crippen molar-refractivity contribution in [2.75, 3.05) is 0 Å². The molecular weight excluding hydrogens is 452 g/mol. The maximum absolute atomic E-state index is 13.0. The van der Waals surface area contributed by atoms with Gasteiger partial charge in [-0.15, -0.1) is 0 Å². The highest BCUT2D eigenvalue weighted by molar-refractivity contribution is 6.08. The Morgan fingerprint density at radius 3 is 1.73 bits per heavy atom. The summed E-state index contributed by atoms with van der Waals surface area (Å²) in [5, 5.41) is 9.92. The Kier molecular flexibility index (Phi) is 6.36. The van der Waals surface area contributed by atoms with Gasteiger partial charge in [0.15, 0.2) is 0 Å². The van der Waals surface area contributed by atoms with E-state index in [1.54, 1.807) is 0 Å². The molecule has 0 bridgehead atoms. The number of benzene rings is 5. The smallest absolute Gasteiger partial charge is 0.309 e. The van der Waals surface area contributed by atoms with E-state index in [1.165, 1.54) is 49.5 Å². The molecule has 0 spiro atoms. The number of esters is 1. The minimum absolute atomic E-state index is 0.0209. The van der Waals surface area contributed by atoms with Crippen LogP contribution in [0.15, 0.2) is 78.9 Å². The Hall–Kier alpha value is -3.39. The van der Waals surface area contributed by atoms with Gasteiger partial charge in [-0.3, -0.25) is 4.79 Å². The molecule has 6 rings (SSSR count). The van der Waals surface area contributed by atoms with E-state index in [2.05, 4.69) is 92.7 Å². The number of carbonyl (C=O) groups excluding carboxylic acids is 1. The number of ether oxygens (including phenoxy) is 1. The zero-order valence-electron chi connectivity index (χ0n) is 22.2. The molecule has 2 heteroatoms. The van der Waals surface area contributed by atoms with Crippen LogP contribution in [0.5, 0.6) is 0 Å². The number of carbonyl (C=O) groups is 1. The van der Waals surface area contributed by atoms with Gasteiger partial charge in [-0.25, -0.2) is 0 Å². The van der Waals surface area contributed by atoms with Gasteiger partial charge in [0.1, 0.15) is 6.10 Å². The molecule has 0 aliphatic heterocycles. The average Bonchev–Trinajstić information content (AvgIpc) is 2.93. The highest BCUT2D eigenvalue weighted by Gasteiger charge is 2.30. The van der Waals surface area contributed by atoms with Crippen LogP contribution in [0.3, 0.4) is 0 Å². The summed E-state index contributed by atoms with van der Waals surface area (Å²) in [6.07, 6.45) is 5.21. The minimum atomic E-state index is -0.247. The van der Waals surface area contributed by atoms with E-state index in [0.717, 1.165) is 43.1 Å². The summed E-state index contributed by atoms with van der Waals surface area (Å²) >= 11 is 0. The van der Waals surface area contributed by atoms with Crippen LogP contribution in [0.4, 0.5) is 0 Å². The van der Waals surface area contributed by atoms with E-state index < -0.39 is 0 Å². The molecule has 0 heterocycles. The Labute approximate surface area is 219 Å². The van der Waals surface area contributed by atoms with Gasteiger partial charge in [0, 0.05) is 0 Å². The van der Waals surface area contributed by atoms with Crippen LogP contribution in [0.25, 0.3) is 43.1 Å². The van der Waals surface area contributed by atoms with Crippen LogP contribution >= 0.6 is 0 Å². The molecule has 5 aromatic carbocycles. The van der Waals surface area contributed by atoms with E-state index in [-0.39, 0.29) is 18.0 Å². The van der Waals surface area contributed by atoms with Crippen molar-refractivity contribution in [2.24, 2.45) is 17.8 Å². The maximum atomic E-state index is 13.0. The fourth-order valence-corrected chi connectivity index (χ4v) is 6.31. The Balaban J connectivity index is 1.24. The molecule has 5 aromatic rings. The van der Waals surface area contributed by atoms with Gasteiger partial charge in [-0.05, 0) is 136 Å². The van der Waals surface area contributed by atoms with Crippen molar-refractivity contribution in [3.05, 3.63) is 84.4 Å². The lowest BCUT2D eigenvalue weighted by atomic mass is 9.75. The normalized spacial score (nSPS) is 19.9. The number of hydrogen-bond donors (Lipinski definition) is 0. The minimum Gasteiger partial charge on any atom is -0.458 e. The lowest BCUT2D eigenvalue weighted by Gasteiger charge is -2.31. The topological polar surface area (TPSA) is 26.3 Å². The molecule has 2 unspecified atom stereocenters. The van der Waals surface area contributed by atoms with Crippen LogP contribution < -0.4 is 0 Å². The number of hydrogen-bond acceptors (Lipinski definition) is 2. The van der Waals surface area contributed by atoms with Crippen molar-refractivity contribution in [1.29, 1.82) is 0 Å². The molecule has 0 aromatic heterocycles. The summed E-state index contributed by atoms with van der Waals surface area (Å²) in [6.45, 7) is 6.62. The fraction of sp³-hybridized carbons (Fsp3) is 0.343. The Bertz CT molecular complexity index is 1610. The van der Waals surface area contributed by atoms with E-state index in [9.17, 15) is 4.79 Å². The Morgan fingerprint density at radius 2 is 1.19 bits per heavy atom. The summed E-state index contributed by atoms with van der Waals surface area (Å²) in [7, 11) is 0. The van der Waals surface area contributed by atoms with E-state index in [0.29, 0.717) is 0 Å². The predicted octanol–water partition coefficient (Wildman–Crippen LogP) is 9.76. The molecule has 2 nitrogen and oxygen atoms in total. The molecule has 1 aliphatic rings. The molecule has 1 fully saturated rings. The van der Waals surface area contributed by atoms with Crippen LogP contribution in [0.2, 0.25) is 0 Å². The molecule has 0 radical (unpaired) electrons. The first kappa shape index (κ1) is 24.0. The van der Waals surface area contributed by atoms with Crippen molar-refractivity contribution in [1.82, 2.24) is 0 Å². The molecule has 2 atom stereocenters. The maximum Gasteiger partial charge on any atom is 0.309 e. The van der Waals surface area contributed by atoms with Gasteiger partial charge in [0.2, 0.25) is 0 Å². The van der Waals surface area contributed by atoms with Crippen molar-refractivity contribution < 1.29 is 9.53 Å². The van der Waals surface area contributed by atoms with Crippen molar-refractivity contribution in [3.63, 3.8) is 0 Å². The first-order chi connectivity index (χ1) is 18.0. The summed E-state index contributed by atoms with van der Waals surface area (Å²) in [5.41, 5.74) is 1.06. The molecule has 1 aliphatic carbocycles. The van der Waals surface area contributed by atoms with E-state index >= 15 is 0 Å². The molecule has 0 amide bonds. The average molecular weight is 489 g/mol. The van der Waals surface area contributed by atoms with Gasteiger partial charge >= 0.3 is 5.97 Å². The van der Waals surface area contributed by atoms with Gasteiger partial charge < -0.3 is 4.74 Å². The second kappa shape index (κ2) is 9.82. The van der Waals surface area contributed by atoms with Crippen LogP contribution in [0.1, 0.15) is 64.5 Å². The molecule has 0 N–H and O–H groups in total. The highest BCUT2D eigenvalue weighted by Crippen LogP contribution is 2.36.